The van der Waals surface area contributed by atoms with E-state index >= 15 is 0 Å². The van der Waals surface area contributed by atoms with Gasteiger partial charge in [-0.15, -0.1) is 5.10 Å². The number of hydrazone groups is 1. The first-order valence-corrected chi connectivity index (χ1v) is 8.89. The normalized spacial score (nSPS) is 15.7. The molecule has 0 aliphatic carbocycles. The number of para-hydroxylation sites is 1. The second-order valence-corrected chi connectivity index (χ2v) is 6.29. The second kappa shape index (κ2) is 7.19. The molecule has 1 N–H and O–H groups in total. The third-order valence-electron chi connectivity index (χ3n) is 4.43. The van der Waals surface area contributed by atoms with Gasteiger partial charge in [-0.25, -0.2) is 13.8 Å². The fourth-order valence-corrected chi connectivity index (χ4v) is 3.02. The molecule has 0 atom stereocenters. The molecule has 2 aromatic carbocycles. The zero-order valence-electron chi connectivity index (χ0n) is 14.9. The fraction of sp³-hybridized carbons (Fsp3) is 0.200. The first-order valence-electron chi connectivity index (χ1n) is 8.89. The van der Waals surface area contributed by atoms with Gasteiger partial charge in [-0.3, -0.25) is 5.43 Å². The number of benzene rings is 2. The highest BCUT2D eigenvalue weighted by Crippen LogP contribution is 2.31. The Labute approximate surface area is 156 Å². The fourth-order valence-electron chi connectivity index (χ4n) is 3.02. The number of unbranched alkanes of at least 4 members (excludes halogenated alkanes) is 1. The number of hydrogen-bond acceptors (Lipinski definition) is 5. The van der Waals surface area contributed by atoms with Crippen LogP contribution in [0.1, 0.15) is 25.3 Å². The van der Waals surface area contributed by atoms with Gasteiger partial charge in [0.15, 0.2) is 11.7 Å². The van der Waals surface area contributed by atoms with Crippen LogP contribution in [0.4, 0.5) is 14.5 Å². The standard InChI is InChI=1S/C20H19F2N5/c1-2-3-12-26-13-23-18(14-8-4-5-9-15(14)21)19-20(26)25-27(24-19)17-11-7-6-10-16(17)22/h4-11,13,24H,2-3,12H2,1H3. The minimum absolute atomic E-state index is 0.287. The Kier molecular flexibility index (Phi) is 4.58. The van der Waals surface area contributed by atoms with Crippen LogP contribution < -0.4 is 10.5 Å². The van der Waals surface area contributed by atoms with E-state index in [2.05, 4.69) is 22.4 Å². The summed E-state index contributed by atoms with van der Waals surface area (Å²) in [6.07, 6.45) is 3.63. The summed E-state index contributed by atoms with van der Waals surface area (Å²) >= 11 is 0. The van der Waals surface area contributed by atoms with Gasteiger partial charge in [0.1, 0.15) is 22.9 Å². The molecule has 0 bridgehead atoms. The van der Waals surface area contributed by atoms with Crippen molar-refractivity contribution >= 4 is 23.6 Å². The quantitative estimate of drug-likeness (QED) is 0.865. The number of hydrogen-bond donors (Lipinski definition) is 1. The number of amidine groups is 1. The molecule has 0 unspecified atom stereocenters. The molecule has 138 valence electrons. The highest BCUT2D eigenvalue weighted by atomic mass is 19.1. The average Bonchev–Trinajstić information content (AvgIpc) is 3.12. The lowest BCUT2D eigenvalue weighted by Crippen LogP contribution is -2.36. The van der Waals surface area contributed by atoms with E-state index in [0.29, 0.717) is 22.8 Å². The topological polar surface area (TPSA) is 43.2 Å². The number of halogens is 2. The van der Waals surface area contributed by atoms with Crippen LogP contribution in [-0.2, 0) is 0 Å². The lowest BCUT2D eigenvalue weighted by atomic mass is 10.1. The van der Waals surface area contributed by atoms with Crippen molar-refractivity contribution in [3.8, 4) is 0 Å². The Morgan fingerprint density at radius 3 is 2.48 bits per heavy atom. The summed E-state index contributed by atoms with van der Waals surface area (Å²) in [6, 6.07) is 12.8. The van der Waals surface area contributed by atoms with Crippen molar-refractivity contribution in [2.45, 2.75) is 19.8 Å². The number of hydrazine groups is 1. The lowest BCUT2D eigenvalue weighted by molar-refractivity contribution is 0.578. The van der Waals surface area contributed by atoms with E-state index in [4.69, 9.17) is 0 Å². The Balaban J connectivity index is 1.78. The van der Waals surface area contributed by atoms with Crippen LogP contribution in [0.3, 0.4) is 0 Å². The van der Waals surface area contributed by atoms with Crippen LogP contribution in [0.5, 0.6) is 0 Å². The smallest absolute Gasteiger partial charge is 0.183 e. The summed E-state index contributed by atoms with van der Waals surface area (Å²) in [7, 11) is 0. The van der Waals surface area contributed by atoms with Crippen molar-refractivity contribution in [1.82, 2.24) is 10.3 Å². The Hall–Kier alpha value is -3.22. The molecule has 2 aliphatic rings. The van der Waals surface area contributed by atoms with E-state index < -0.39 is 5.82 Å². The van der Waals surface area contributed by atoms with Crippen LogP contribution in [0.2, 0.25) is 0 Å². The molecular weight excluding hydrogens is 348 g/mol. The average molecular weight is 367 g/mol. The molecule has 27 heavy (non-hydrogen) atoms. The number of rotatable bonds is 5. The van der Waals surface area contributed by atoms with E-state index in [1.54, 1.807) is 42.7 Å². The molecule has 0 aromatic heterocycles. The molecule has 2 aliphatic heterocycles. The van der Waals surface area contributed by atoms with Crippen LogP contribution in [0, 0.1) is 11.6 Å². The zero-order valence-corrected chi connectivity index (χ0v) is 14.9. The number of aliphatic imine (C=N–C) groups is 1. The molecule has 0 fully saturated rings. The van der Waals surface area contributed by atoms with E-state index in [9.17, 15) is 8.78 Å². The maximum absolute atomic E-state index is 14.4. The minimum atomic E-state index is -0.401. The van der Waals surface area contributed by atoms with E-state index in [1.165, 1.54) is 17.3 Å². The van der Waals surface area contributed by atoms with Gasteiger partial charge >= 0.3 is 0 Å². The summed E-state index contributed by atoms with van der Waals surface area (Å²) in [6.45, 7) is 2.82. The van der Waals surface area contributed by atoms with Gasteiger partial charge in [0.2, 0.25) is 0 Å². The van der Waals surface area contributed by atoms with Crippen LogP contribution in [0.25, 0.3) is 5.70 Å². The molecule has 0 spiro atoms. The first-order chi connectivity index (χ1) is 13.2. The van der Waals surface area contributed by atoms with Crippen molar-refractivity contribution < 1.29 is 8.78 Å². The third-order valence-corrected chi connectivity index (χ3v) is 4.43. The van der Waals surface area contributed by atoms with Gasteiger partial charge in [-0.2, -0.15) is 5.12 Å². The van der Waals surface area contributed by atoms with Crippen LogP contribution >= 0.6 is 0 Å². The van der Waals surface area contributed by atoms with Gasteiger partial charge in [0.05, 0.1) is 6.34 Å². The molecular formula is C20H19F2N5. The first kappa shape index (κ1) is 17.2. The van der Waals surface area contributed by atoms with Gasteiger partial charge in [-0.05, 0) is 30.7 Å². The van der Waals surface area contributed by atoms with E-state index in [0.717, 1.165) is 19.4 Å². The number of anilines is 1. The summed E-state index contributed by atoms with van der Waals surface area (Å²) in [5.41, 5.74) is 4.74. The highest BCUT2D eigenvalue weighted by Gasteiger charge is 2.32. The summed E-state index contributed by atoms with van der Waals surface area (Å²) in [4.78, 5) is 6.36. The van der Waals surface area contributed by atoms with Crippen LogP contribution in [-0.4, -0.2) is 23.6 Å². The highest BCUT2D eigenvalue weighted by molar-refractivity contribution is 6.13. The van der Waals surface area contributed by atoms with Gasteiger partial charge in [-0.1, -0.05) is 37.6 Å². The zero-order chi connectivity index (χ0) is 18.8. The predicted octanol–water partition coefficient (Wildman–Crippen LogP) is 4.12. The van der Waals surface area contributed by atoms with Crippen molar-refractivity contribution in [2.75, 3.05) is 11.7 Å². The molecule has 2 aromatic rings. The van der Waals surface area contributed by atoms with Crippen molar-refractivity contribution in [2.24, 2.45) is 10.1 Å². The van der Waals surface area contributed by atoms with Crippen LogP contribution in [0.15, 0.2) is 64.3 Å². The molecule has 4 rings (SSSR count). The van der Waals surface area contributed by atoms with Gasteiger partial charge in [0.25, 0.3) is 0 Å². The predicted molar refractivity (Wildman–Crippen MR) is 103 cm³/mol. The monoisotopic (exact) mass is 367 g/mol. The van der Waals surface area contributed by atoms with Gasteiger partial charge in [0, 0.05) is 12.1 Å². The van der Waals surface area contributed by atoms with Gasteiger partial charge < -0.3 is 4.90 Å². The van der Waals surface area contributed by atoms with E-state index in [-0.39, 0.29) is 11.5 Å². The van der Waals surface area contributed by atoms with Crippen molar-refractivity contribution in [1.29, 1.82) is 0 Å². The number of fused-ring (bicyclic) bond motifs is 1. The molecule has 0 saturated carbocycles. The maximum atomic E-state index is 14.4. The number of nitrogens with zero attached hydrogens (tertiary/aromatic N) is 4. The lowest BCUT2D eigenvalue weighted by Gasteiger charge is -2.24. The Morgan fingerprint density at radius 1 is 1.00 bits per heavy atom. The maximum Gasteiger partial charge on any atom is 0.183 e. The molecule has 2 heterocycles. The molecule has 0 amide bonds. The second-order valence-electron chi connectivity index (χ2n) is 6.29. The Bertz CT molecular complexity index is 951. The van der Waals surface area contributed by atoms with E-state index in [1.807, 2.05) is 4.90 Å². The largest absolute Gasteiger partial charge is 0.314 e. The summed E-state index contributed by atoms with van der Waals surface area (Å²) in [5, 5.41) is 5.90. The molecule has 0 saturated heterocycles. The minimum Gasteiger partial charge on any atom is -0.314 e. The molecule has 7 heteroatoms. The molecule has 5 nitrogen and oxygen atoms in total. The van der Waals surface area contributed by atoms with Crippen molar-refractivity contribution in [3.05, 3.63) is 71.4 Å². The van der Waals surface area contributed by atoms with Crippen molar-refractivity contribution in [3.63, 3.8) is 0 Å². The Morgan fingerprint density at radius 2 is 1.74 bits per heavy atom. The summed E-state index contributed by atoms with van der Waals surface area (Å²) < 4.78 is 28.6. The SMILES string of the molecule is CCCCN1C=NC(c2ccccc2F)=C2NN(c3ccccc3F)N=C21. The molecule has 0 radical (unpaired) electrons. The third kappa shape index (κ3) is 3.16. The number of nitrogens with one attached hydrogen (secondary N) is 1. The summed E-state index contributed by atoms with van der Waals surface area (Å²) in [5.74, 6) is -0.174.